The summed E-state index contributed by atoms with van der Waals surface area (Å²) in [7, 11) is 0. The molecule has 1 rings (SSSR count). The zero-order valence-electron chi connectivity index (χ0n) is 9.59. The van der Waals surface area contributed by atoms with E-state index in [2.05, 4.69) is 39.8 Å². The Hall–Kier alpha value is -0.260. The molecule has 0 spiro atoms. The lowest BCUT2D eigenvalue weighted by Crippen LogP contribution is -2.17. The van der Waals surface area contributed by atoms with Crippen molar-refractivity contribution in [1.29, 1.82) is 0 Å². The van der Waals surface area contributed by atoms with E-state index in [9.17, 15) is 0 Å². The zero-order chi connectivity index (χ0) is 9.84. The molecule has 1 aliphatic carbocycles. The second-order valence-corrected chi connectivity index (χ2v) is 5.10. The lowest BCUT2D eigenvalue weighted by molar-refractivity contribution is 0.280. The first-order chi connectivity index (χ1) is 6.11. The highest BCUT2D eigenvalue weighted by Crippen LogP contribution is 2.31. The van der Waals surface area contributed by atoms with E-state index in [-0.39, 0.29) is 0 Å². The molecule has 0 bridgehead atoms. The van der Waals surface area contributed by atoms with E-state index in [1.54, 1.807) is 0 Å². The Morgan fingerprint density at radius 1 is 1.31 bits per heavy atom. The maximum atomic E-state index is 2.45. The Bertz CT molecular complexity index is 167. The zero-order valence-corrected chi connectivity index (χ0v) is 9.59. The molecule has 0 aromatic rings. The number of hydrogen-bond acceptors (Lipinski definition) is 0. The van der Waals surface area contributed by atoms with Crippen LogP contribution in [0.2, 0.25) is 0 Å². The van der Waals surface area contributed by atoms with Crippen LogP contribution >= 0.6 is 0 Å². The van der Waals surface area contributed by atoms with Gasteiger partial charge in [-0.3, -0.25) is 0 Å². The predicted molar refractivity (Wildman–Crippen MR) is 59.6 cm³/mol. The third-order valence-electron chi connectivity index (χ3n) is 3.68. The summed E-state index contributed by atoms with van der Waals surface area (Å²) in [5.41, 5.74) is 0. The average Bonchev–Trinajstić information content (AvgIpc) is 2.08. The summed E-state index contributed by atoms with van der Waals surface area (Å²) in [5.74, 6) is 3.47. The van der Waals surface area contributed by atoms with Crippen molar-refractivity contribution in [2.75, 3.05) is 0 Å². The van der Waals surface area contributed by atoms with Crippen LogP contribution in [0.3, 0.4) is 0 Å². The standard InChI is InChI=1S/C13H24/c1-10(2)12(4)9-13-8-6-5-7-11(13)3/h6,8,10-13H,5,7,9H2,1-4H3. The molecule has 0 N–H and O–H groups in total. The smallest absolute Gasteiger partial charge is 0.0205 e. The van der Waals surface area contributed by atoms with Gasteiger partial charge >= 0.3 is 0 Å². The molecule has 0 radical (unpaired) electrons. The fourth-order valence-corrected chi connectivity index (χ4v) is 2.05. The van der Waals surface area contributed by atoms with E-state index in [0.29, 0.717) is 0 Å². The molecule has 0 aromatic carbocycles. The second-order valence-electron chi connectivity index (χ2n) is 5.10. The molecule has 13 heavy (non-hydrogen) atoms. The monoisotopic (exact) mass is 180 g/mol. The van der Waals surface area contributed by atoms with Gasteiger partial charge in [-0.25, -0.2) is 0 Å². The highest BCUT2D eigenvalue weighted by Gasteiger charge is 2.20. The highest BCUT2D eigenvalue weighted by molar-refractivity contribution is 4.96. The molecule has 0 fully saturated rings. The van der Waals surface area contributed by atoms with Gasteiger partial charge in [0.25, 0.3) is 0 Å². The van der Waals surface area contributed by atoms with Crippen LogP contribution in [-0.2, 0) is 0 Å². The first-order valence-electron chi connectivity index (χ1n) is 5.78. The molecule has 3 unspecified atom stereocenters. The third kappa shape index (κ3) is 3.17. The van der Waals surface area contributed by atoms with Crippen LogP contribution in [0.4, 0.5) is 0 Å². The number of allylic oxidation sites excluding steroid dienone is 2. The van der Waals surface area contributed by atoms with Gasteiger partial charge in [-0.15, -0.1) is 0 Å². The molecule has 3 atom stereocenters. The summed E-state index contributed by atoms with van der Waals surface area (Å²) < 4.78 is 0. The second kappa shape index (κ2) is 4.83. The van der Waals surface area contributed by atoms with E-state index < -0.39 is 0 Å². The summed E-state index contributed by atoms with van der Waals surface area (Å²) in [6.07, 6.45) is 8.90. The van der Waals surface area contributed by atoms with E-state index in [1.165, 1.54) is 19.3 Å². The van der Waals surface area contributed by atoms with Gasteiger partial charge in [0.2, 0.25) is 0 Å². The van der Waals surface area contributed by atoms with Gasteiger partial charge in [0.1, 0.15) is 0 Å². The Morgan fingerprint density at radius 3 is 2.54 bits per heavy atom. The van der Waals surface area contributed by atoms with Gasteiger partial charge < -0.3 is 0 Å². The van der Waals surface area contributed by atoms with Gasteiger partial charge in [0.05, 0.1) is 0 Å². The first kappa shape index (κ1) is 10.8. The first-order valence-corrected chi connectivity index (χ1v) is 5.78. The Morgan fingerprint density at radius 2 is 2.00 bits per heavy atom. The van der Waals surface area contributed by atoms with Crippen molar-refractivity contribution in [1.82, 2.24) is 0 Å². The van der Waals surface area contributed by atoms with Crippen molar-refractivity contribution < 1.29 is 0 Å². The van der Waals surface area contributed by atoms with Gasteiger partial charge in [0.15, 0.2) is 0 Å². The third-order valence-corrected chi connectivity index (χ3v) is 3.68. The van der Waals surface area contributed by atoms with Crippen LogP contribution < -0.4 is 0 Å². The summed E-state index contributed by atoms with van der Waals surface area (Å²) in [5, 5.41) is 0. The predicted octanol–water partition coefficient (Wildman–Crippen LogP) is 4.27. The minimum absolute atomic E-state index is 0.836. The highest BCUT2D eigenvalue weighted by atomic mass is 14.3. The number of hydrogen-bond donors (Lipinski definition) is 0. The normalized spacial score (nSPS) is 30.8. The van der Waals surface area contributed by atoms with Crippen molar-refractivity contribution in [3.05, 3.63) is 12.2 Å². The SMILES string of the molecule is CC(C)C(C)CC1C=CCCC1C. The van der Waals surface area contributed by atoms with Crippen molar-refractivity contribution in [2.24, 2.45) is 23.7 Å². The minimum Gasteiger partial charge on any atom is -0.0882 e. The molecule has 1 aliphatic rings. The van der Waals surface area contributed by atoms with Crippen molar-refractivity contribution in [3.63, 3.8) is 0 Å². The topological polar surface area (TPSA) is 0 Å². The maximum absolute atomic E-state index is 2.45. The minimum atomic E-state index is 0.836. The lowest BCUT2D eigenvalue weighted by atomic mass is 9.78. The Balaban J connectivity index is 2.42. The Kier molecular flexibility index (Phi) is 4.02. The van der Waals surface area contributed by atoms with E-state index >= 15 is 0 Å². The van der Waals surface area contributed by atoms with Crippen molar-refractivity contribution >= 4 is 0 Å². The molecule has 0 nitrogen and oxygen atoms in total. The largest absolute Gasteiger partial charge is 0.0882 e. The molecule has 0 saturated carbocycles. The molecule has 0 aromatic heterocycles. The molecule has 0 heterocycles. The van der Waals surface area contributed by atoms with Gasteiger partial charge in [-0.1, -0.05) is 39.8 Å². The molecule has 76 valence electrons. The van der Waals surface area contributed by atoms with Crippen LogP contribution in [-0.4, -0.2) is 0 Å². The van der Waals surface area contributed by atoms with E-state index in [4.69, 9.17) is 0 Å². The Labute approximate surface area is 83.4 Å². The van der Waals surface area contributed by atoms with Crippen LogP contribution in [0.5, 0.6) is 0 Å². The van der Waals surface area contributed by atoms with Crippen LogP contribution in [0.15, 0.2) is 12.2 Å². The number of rotatable bonds is 3. The fourth-order valence-electron chi connectivity index (χ4n) is 2.05. The molecule has 0 heteroatoms. The summed E-state index contributed by atoms with van der Waals surface area (Å²) in [6.45, 7) is 9.46. The summed E-state index contributed by atoms with van der Waals surface area (Å²) >= 11 is 0. The summed E-state index contributed by atoms with van der Waals surface area (Å²) in [4.78, 5) is 0. The van der Waals surface area contributed by atoms with Crippen molar-refractivity contribution in [2.45, 2.75) is 47.0 Å². The van der Waals surface area contributed by atoms with Crippen LogP contribution in [0, 0.1) is 23.7 Å². The summed E-state index contributed by atoms with van der Waals surface area (Å²) in [6, 6.07) is 0. The molecular formula is C13H24. The van der Waals surface area contributed by atoms with Crippen LogP contribution in [0.1, 0.15) is 47.0 Å². The van der Waals surface area contributed by atoms with Gasteiger partial charge in [0, 0.05) is 0 Å². The van der Waals surface area contributed by atoms with Gasteiger partial charge in [-0.05, 0) is 42.9 Å². The fraction of sp³-hybridized carbons (Fsp3) is 0.846. The average molecular weight is 180 g/mol. The maximum Gasteiger partial charge on any atom is -0.0205 e. The molecular weight excluding hydrogens is 156 g/mol. The van der Waals surface area contributed by atoms with E-state index in [0.717, 1.165) is 23.7 Å². The van der Waals surface area contributed by atoms with Gasteiger partial charge in [-0.2, -0.15) is 0 Å². The molecule has 0 amide bonds. The molecule has 0 aliphatic heterocycles. The lowest BCUT2D eigenvalue weighted by Gasteiger charge is -2.28. The van der Waals surface area contributed by atoms with Crippen molar-refractivity contribution in [3.8, 4) is 0 Å². The molecule has 0 saturated heterocycles. The van der Waals surface area contributed by atoms with Crippen LogP contribution in [0.25, 0.3) is 0 Å². The van der Waals surface area contributed by atoms with E-state index in [1.807, 2.05) is 0 Å². The quantitative estimate of drug-likeness (QED) is 0.569.